The van der Waals surface area contributed by atoms with E-state index in [-0.39, 0.29) is 16.3 Å². The number of carboxylic acid groups (broad SMARTS) is 1. The van der Waals surface area contributed by atoms with Crippen molar-refractivity contribution in [2.24, 2.45) is 0 Å². The topological polar surface area (TPSA) is 103 Å². The molecule has 9 heteroatoms. The molecule has 2 heterocycles. The number of H-pyrrole nitrogens is 1. The van der Waals surface area contributed by atoms with Crippen LogP contribution in [0, 0.1) is 6.92 Å². The molecule has 0 radical (unpaired) electrons. The molecule has 2 rings (SSSR count). The van der Waals surface area contributed by atoms with Gasteiger partial charge in [0, 0.05) is 24.5 Å². The first kappa shape index (κ1) is 14.4. The maximum atomic E-state index is 12.4. The van der Waals surface area contributed by atoms with Crippen molar-refractivity contribution in [3.05, 3.63) is 11.3 Å². The summed E-state index contributed by atoms with van der Waals surface area (Å²) in [6.07, 6.45) is 0.760. The predicted molar refractivity (Wildman–Crippen MR) is 71.0 cm³/mol. The number of carboxylic acids is 1. The van der Waals surface area contributed by atoms with Gasteiger partial charge in [0.2, 0.25) is 5.03 Å². The molecule has 0 aromatic carbocycles. The number of hydrogen-bond acceptors (Lipinski definition) is 5. The van der Waals surface area contributed by atoms with Gasteiger partial charge in [-0.1, -0.05) is 0 Å². The lowest BCUT2D eigenvalue weighted by Gasteiger charge is -2.18. The van der Waals surface area contributed by atoms with E-state index in [9.17, 15) is 13.2 Å². The van der Waals surface area contributed by atoms with Gasteiger partial charge in [-0.05, 0) is 19.1 Å². The maximum absolute atomic E-state index is 12.4. The lowest BCUT2D eigenvalue weighted by Crippen LogP contribution is -2.34. The van der Waals surface area contributed by atoms with E-state index in [1.807, 2.05) is 0 Å². The molecule has 2 N–H and O–H groups in total. The van der Waals surface area contributed by atoms with Crippen LogP contribution in [-0.2, 0) is 10.0 Å². The monoisotopic (exact) mass is 305 g/mol. The van der Waals surface area contributed by atoms with Crippen LogP contribution in [0.5, 0.6) is 0 Å². The fourth-order valence-corrected chi connectivity index (χ4v) is 4.54. The number of aromatic amines is 1. The predicted octanol–water partition coefficient (Wildman–Crippen LogP) is 0.544. The number of carbonyl (C=O) groups is 1. The maximum Gasteiger partial charge on any atom is 0.340 e. The van der Waals surface area contributed by atoms with Crippen LogP contribution in [0.4, 0.5) is 0 Å². The quantitative estimate of drug-likeness (QED) is 0.845. The molecule has 0 unspecified atom stereocenters. The molecule has 7 nitrogen and oxygen atoms in total. The van der Waals surface area contributed by atoms with Crippen molar-refractivity contribution < 1.29 is 18.3 Å². The van der Waals surface area contributed by atoms with Crippen LogP contribution >= 0.6 is 11.8 Å². The van der Waals surface area contributed by atoms with Crippen LogP contribution in [0.25, 0.3) is 0 Å². The van der Waals surface area contributed by atoms with Crippen molar-refractivity contribution in [2.45, 2.75) is 18.4 Å². The van der Waals surface area contributed by atoms with Gasteiger partial charge in [-0.15, -0.1) is 0 Å². The highest BCUT2D eigenvalue weighted by Gasteiger charge is 2.33. The summed E-state index contributed by atoms with van der Waals surface area (Å²) < 4.78 is 26.2. The van der Waals surface area contributed by atoms with Gasteiger partial charge in [-0.25, -0.2) is 13.2 Å². The summed E-state index contributed by atoms with van der Waals surface area (Å²) in [5, 5.41) is 14.8. The second-order valence-corrected chi connectivity index (χ2v) is 7.28. The number of hydrogen-bond donors (Lipinski definition) is 2. The third-order valence-corrected chi connectivity index (χ3v) is 5.77. The summed E-state index contributed by atoms with van der Waals surface area (Å²) >= 11 is 1.70. The SMILES string of the molecule is Cc1[nH]nc(S(=O)(=O)N2CCCSCC2)c1C(=O)O. The highest BCUT2D eigenvalue weighted by Crippen LogP contribution is 2.22. The van der Waals surface area contributed by atoms with Gasteiger partial charge in [-0.3, -0.25) is 5.10 Å². The van der Waals surface area contributed by atoms with Crippen molar-refractivity contribution in [2.75, 3.05) is 24.6 Å². The van der Waals surface area contributed by atoms with E-state index < -0.39 is 16.0 Å². The van der Waals surface area contributed by atoms with Gasteiger partial charge in [0.25, 0.3) is 10.0 Å². The minimum Gasteiger partial charge on any atom is -0.478 e. The number of aromatic nitrogens is 2. The van der Waals surface area contributed by atoms with Crippen LogP contribution in [0.2, 0.25) is 0 Å². The molecule has 1 aromatic heterocycles. The van der Waals surface area contributed by atoms with Crippen molar-refractivity contribution in [1.82, 2.24) is 14.5 Å². The Balaban J connectivity index is 2.41. The van der Waals surface area contributed by atoms with E-state index in [1.54, 1.807) is 11.8 Å². The smallest absolute Gasteiger partial charge is 0.340 e. The van der Waals surface area contributed by atoms with Crippen LogP contribution < -0.4 is 0 Å². The van der Waals surface area contributed by atoms with Gasteiger partial charge >= 0.3 is 5.97 Å². The van der Waals surface area contributed by atoms with Crippen LogP contribution in [0.1, 0.15) is 22.5 Å². The highest BCUT2D eigenvalue weighted by atomic mass is 32.2. The molecule has 0 atom stereocenters. The first-order valence-electron chi connectivity index (χ1n) is 5.80. The zero-order chi connectivity index (χ0) is 14.0. The van der Waals surface area contributed by atoms with Crippen LogP contribution in [0.15, 0.2) is 5.03 Å². The second-order valence-electron chi connectivity index (χ2n) is 4.20. The van der Waals surface area contributed by atoms with Gasteiger partial charge in [-0.2, -0.15) is 21.2 Å². The van der Waals surface area contributed by atoms with Crippen molar-refractivity contribution in [3.8, 4) is 0 Å². The molecule has 1 aliphatic heterocycles. The van der Waals surface area contributed by atoms with Crippen molar-refractivity contribution in [1.29, 1.82) is 0 Å². The molecule has 0 bridgehead atoms. The van der Waals surface area contributed by atoms with E-state index >= 15 is 0 Å². The molecule has 1 aromatic rings. The Kier molecular flexibility index (Phi) is 4.16. The number of aromatic carboxylic acids is 1. The fraction of sp³-hybridized carbons (Fsp3) is 0.600. The lowest BCUT2D eigenvalue weighted by atomic mass is 10.3. The highest BCUT2D eigenvalue weighted by molar-refractivity contribution is 7.99. The Morgan fingerprint density at radius 2 is 2.16 bits per heavy atom. The fourth-order valence-electron chi connectivity index (χ4n) is 1.93. The Hall–Kier alpha value is -1.06. The Morgan fingerprint density at radius 1 is 1.42 bits per heavy atom. The minimum absolute atomic E-state index is 0.246. The summed E-state index contributed by atoms with van der Waals surface area (Å²) in [6, 6.07) is 0. The number of thioether (sulfide) groups is 1. The molecule has 1 fully saturated rings. The molecular weight excluding hydrogens is 290 g/mol. The van der Waals surface area contributed by atoms with E-state index in [4.69, 9.17) is 5.11 Å². The van der Waals surface area contributed by atoms with E-state index in [1.165, 1.54) is 11.2 Å². The average Bonchev–Trinajstić information content (AvgIpc) is 2.58. The van der Waals surface area contributed by atoms with Crippen molar-refractivity contribution in [3.63, 3.8) is 0 Å². The molecule has 19 heavy (non-hydrogen) atoms. The number of nitrogens with zero attached hydrogens (tertiary/aromatic N) is 2. The third-order valence-electron chi connectivity index (χ3n) is 2.89. The number of aryl methyl sites for hydroxylation is 1. The summed E-state index contributed by atoms with van der Waals surface area (Å²) in [4.78, 5) is 11.2. The first-order valence-corrected chi connectivity index (χ1v) is 8.40. The molecule has 0 amide bonds. The molecule has 0 spiro atoms. The minimum atomic E-state index is -3.84. The Bertz CT molecular complexity index is 574. The lowest BCUT2D eigenvalue weighted by molar-refractivity contribution is 0.0691. The Morgan fingerprint density at radius 3 is 2.84 bits per heavy atom. The third kappa shape index (κ3) is 2.77. The van der Waals surface area contributed by atoms with E-state index in [2.05, 4.69) is 10.2 Å². The van der Waals surface area contributed by atoms with Crippen LogP contribution in [0.3, 0.4) is 0 Å². The normalized spacial score (nSPS) is 18.2. The summed E-state index contributed by atoms with van der Waals surface area (Å²) in [7, 11) is -3.84. The largest absolute Gasteiger partial charge is 0.478 e. The molecule has 0 saturated carbocycles. The average molecular weight is 305 g/mol. The van der Waals surface area contributed by atoms with Crippen molar-refractivity contribution >= 4 is 27.8 Å². The number of rotatable bonds is 3. The van der Waals surface area contributed by atoms with Gasteiger partial charge in [0.15, 0.2) is 0 Å². The summed E-state index contributed by atoms with van der Waals surface area (Å²) in [6.45, 7) is 2.28. The standard InChI is InChI=1S/C10H15N3O4S2/c1-7-8(10(14)15)9(12-11-7)19(16,17)13-3-2-5-18-6-4-13/h2-6H2,1H3,(H,11,12)(H,14,15). The summed E-state index contributed by atoms with van der Waals surface area (Å²) in [5.41, 5.74) is -0.0211. The molecule has 0 aliphatic carbocycles. The molecule has 106 valence electrons. The summed E-state index contributed by atoms with van der Waals surface area (Å²) in [5.74, 6) is 0.344. The Labute approximate surface area is 115 Å². The molecular formula is C10H15N3O4S2. The zero-order valence-corrected chi connectivity index (χ0v) is 12.1. The first-order chi connectivity index (χ1) is 8.94. The second kappa shape index (κ2) is 5.51. The molecule has 1 saturated heterocycles. The van der Waals surface area contributed by atoms with E-state index in [0.29, 0.717) is 18.8 Å². The number of nitrogens with one attached hydrogen (secondary N) is 1. The molecule has 1 aliphatic rings. The zero-order valence-electron chi connectivity index (χ0n) is 10.4. The van der Waals surface area contributed by atoms with Gasteiger partial charge in [0.1, 0.15) is 5.56 Å². The van der Waals surface area contributed by atoms with Crippen LogP contribution in [-0.4, -0.2) is 58.6 Å². The number of sulfonamides is 1. The van der Waals surface area contributed by atoms with Gasteiger partial charge in [0.05, 0.1) is 0 Å². The van der Waals surface area contributed by atoms with Gasteiger partial charge < -0.3 is 5.11 Å². The van der Waals surface area contributed by atoms with E-state index in [0.717, 1.165) is 12.2 Å².